The largest absolute Gasteiger partial charge is 0.480 e. The molecule has 4 N–H and O–H groups in total. The lowest BCUT2D eigenvalue weighted by Crippen LogP contribution is -2.29. The predicted molar refractivity (Wildman–Crippen MR) is 78.0 cm³/mol. The van der Waals surface area contributed by atoms with Gasteiger partial charge in [-0.1, -0.05) is 30.3 Å². The molecule has 9 heteroatoms. The minimum atomic E-state index is -4.35. The molecule has 0 amide bonds. The Bertz CT molecular complexity index is 533. The van der Waals surface area contributed by atoms with E-state index in [1.807, 2.05) is 30.3 Å². The van der Waals surface area contributed by atoms with Crippen LogP contribution < -0.4 is 0 Å². The number of benzene rings is 1. The molecule has 0 aliphatic heterocycles. The van der Waals surface area contributed by atoms with Gasteiger partial charge < -0.3 is 19.6 Å². The molecule has 122 valence electrons. The maximum absolute atomic E-state index is 11.1. The number of carbonyl (C=O) groups is 1. The van der Waals surface area contributed by atoms with Gasteiger partial charge in [-0.15, -0.1) is 0 Å². The van der Waals surface area contributed by atoms with Gasteiger partial charge in [0.1, 0.15) is 0 Å². The monoisotopic (exact) mass is 330 g/mol. The van der Waals surface area contributed by atoms with E-state index in [1.54, 1.807) is 0 Å². The molecule has 0 aromatic heterocycles. The molecule has 1 unspecified atom stereocenters. The summed E-state index contributed by atoms with van der Waals surface area (Å²) < 4.78 is 16.5. The van der Waals surface area contributed by atoms with E-state index in [0.29, 0.717) is 6.42 Å². The fraction of sp³-hybridized carbons (Fsp3) is 0.462. The second-order valence-electron chi connectivity index (χ2n) is 4.79. The van der Waals surface area contributed by atoms with E-state index in [9.17, 15) is 9.36 Å². The molecule has 0 spiro atoms. The van der Waals surface area contributed by atoms with E-state index >= 15 is 0 Å². The van der Waals surface area contributed by atoms with Crippen molar-refractivity contribution in [1.29, 1.82) is 5.53 Å². The molecule has 0 radical (unpaired) electrons. The van der Waals surface area contributed by atoms with Crippen LogP contribution in [0.2, 0.25) is 0 Å². The smallest absolute Gasteiger partial charge is 0.330 e. The topological polar surface area (TPSA) is 140 Å². The van der Waals surface area contributed by atoms with Crippen LogP contribution in [0.3, 0.4) is 0 Å². The molecular weight excluding hydrogens is 311 g/mol. The predicted octanol–water partition coefficient (Wildman–Crippen LogP) is 1.67. The molecule has 0 saturated carbocycles. The molecule has 8 nitrogen and oxygen atoms in total. The zero-order chi connectivity index (χ0) is 16.6. The number of nitrogens with zero attached hydrogens (tertiary/aromatic N) is 1. The minimum Gasteiger partial charge on any atom is -0.480 e. The van der Waals surface area contributed by atoms with E-state index in [-0.39, 0.29) is 13.0 Å². The lowest BCUT2D eigenvalue weighted by atomic mass is 10.1. The number of aliphatic carboxylic acids is 1. The lowest BCUT2D eigenvalue weighted by molar-refractivity contribution is -0.139. The number of hydrogen-bond donors (Lipinski definition) is 4. The van der Waals surface area contributed by atoms with E-state index in [1.165, 1.54) is 0 Å². The first-order valence-corrected chi connectivity index (χ1v) is 8.41. The Morgan fingerprint density at radius 1 is 1.32 bits per heavy atom. The highest BCUT2D eigenvalue weighted by Crippen LogP contribution is 2.36. The first-order valence-electron chi connectivity index (χ1n) is 6.61. The van der Waals surface area contributed by atoms with E-state index in [2.05, 4.69) is 5.11 Å². The van der Waals surface area contributed by atoms with Crippen molar-refractivity contribution in [2.24, 2.45) is 5.11 Å². The molecule has 0 saturated heterocycles. The van der Waals surface area contributed by atoms with Crippen LogP contribution in [0.4, 0.5) is 0 Å². The number of carboxylic acid groups (broad SMARTS) is 1. The molecule has 0 heterocycles. The Balaban J connectivity index is 2.59. The number of rotatable bonds is 10. The zero-order valence-corrected chi connectivity index (χ0v) is 12.7. The SMILES string of the molecule is N=N[C@@H](CC(CP(=O)(O)O)OCCc1ccccc1)C(=O)O. The average molecular weight is 330 g/mol. The maximum Gasteiger partial charge on any atom is 0.330 e. The molecule has 22 heavy (non-hydrogen) atoms. The van der Waals surface area contributed by atoms with Crippen molar-refractivity contribution < 1.29 is 29.0 Å². The highest BCUT2D eigenvalue weighted by atomic mass is 31.2. The van der Waals surface area contributed by atoms with Crippen molar-refractivity contribution in [2.75, 3.05) is 12.8 Å². The highest BCUT2D eigenvalue weighted by Gasteiger charge is 2.28. The van der Waals surface area contributed by atoms with Gasteiger partial charge in [-0.05, 0) is 12.0 Å². The fourth-order valence-corrected chi connectivity index (χ4v) is 2.69. The van der Waals surface area contributed by atoms with E-state index < -0.39 is 31.9 Å². The Morgan fingerprint density at radius 3 is 2.45 bits per heavy atom. The van der Waals surface area contributed by atoms with Crippen LogP contribution in [0.5, 0.6) is 0 Å². The van der Waals surface area contributed by atoms with Crippen LogP contribution in [0.15, 0.2) is 35.4 Å². The summed E-state index contributed by atoms with van der Waals surface area (Å²) in [6, 6.07) is 8.01. The van der Waals surface area contributed by atoms with E-state index in [0.717, 1.165) is 5.56 Å². The van der Waals surface area contributed by atoms with Crippen LogP contribution >= 0.6 is 7.60 Å². The molecule has 1 rings (SSSR count). The molecule has 2 atom stereocenters. The average Bonchev–Trinajstić information content (AvgIpc) is 2.43. The fourth-order valence-electron chi connectivity index (χ4n) is 1.91. The van der Waals surface area contributed by atoms with Crippen molar-refractivity contribution in [2.45, 2.75) is 25.0 Å². The van der Waals surface area contributed by atoms with E-state index in [4.69, 9.17) is 25.2 Å². The zero-order valence-electron chi connectivity index (χ0n) is 11.8. The molecule has 0 aliphatic carbocycles. The second-order valence-corrected chi connectivity index (χ2v) is 6.49. The third-order valence-electron chi connectivity index (χ3n) is 2.96. The van der Waals surface area contributed by atoms with Gasteiger partial charge >= 0.3 is 13.6 Å². The summed E-state index contributed by atoms with van der Waals surface area (Å²) in [5.41, 5.74) is 7.82. The first kappa shape index (κ1) is 18.4. The minimum absolute atomic E-state index is 0.193. The highest BCUT2D eigenvalue weighted by molar-refractivity contribution is 7.51. The Morgan fingerprint density at radius 2 is 1.95 bits per heavy atom. The van der Waals surface area contributed by atoms with Gasteiger partial charge in [-0.3, -0.25) is 4.57 Å². The van der Waals surface area contributed by atoms with Crippen molar-refractivity contribution in [3.8, 4) is 0 Å². The second kappa shape index (κ2) is 8.75. The lowest BCUT2D eigenvalue weighted by Gasteiger charge is -2.20. The summed E-state index contributed by atoms with van der Waals surface area (Å²) in [7, 11) is -4.35. The molecule has 1 aromatic carbocycles. The van der Waals surface area contributed by atoms with Gasteiger partial charge in [0, 0.05) is 6.42 Å². The Labute approximate surface area is 127 Å². The standard InChI is InChI=1S/C13H19N2O6P/c14-15-12(13(16)17)8-11(9-22(18,19)20)21-7-6-10-4-2-1-3-5-10/h1-5,11-12,14H,6-9H2,(H,16,17)(H2,18,19,20)/t11?,12-/m0/s1. The van der Waals surface area contributed by atoms with Gasteiger partial charge in [0.25, 0.3) is 0 Å². The van der Waals surface area contributed by atoms with Crippen molar-refractivity contribution in [1.82, 2.24) is 0 Å². The van der Waals surface area contributed by atoms with Crippen molar-refractivity contribution >= 4 is 13.6 Å². The van der Waals surface area contributed by atoms with Crippen LogP contribution in [0, 0.1) is 5.53 Å². The van der Waals surface area contributed by atoms with Gasteiger partial charge in [-0.25, -0.2) is 10.3 Å². The molecular formula is C13H19N2O6P. The van der Waals surface area contributed by atoms with Crippen LogP contribution in [0.1, 0.15) is 12.0 Å². The maximum atomic E-state index is 11.1. The molecule has 0 bridgehead atoms. The normalized spacial score (nSPS) is 14.3. The van der Waals surface area contributed by atoms with Gasteiger partial charge in [-0.2, -0.15) is 5.11 Å². The third-order valence-corrected chi connectivity index (χ3v) is 3.84. The molecule has 1 aromatic rings. The number of hydrogen-bond acceptors (Lipinski definition) is 5. The number of nitrogens with one attached hydrogen (secondary N) is 1. The van der Waals surface area contributed by atoms with Gasteiger partial charge in [0.2, 0.25) is 0 Å². The van der Waals surface area contributed by atoms with Crippen LogP contribution in [-0.2, 0) is 20.5 Å². The summed E-state index contributed by atoms with van der Waals surface area (Å²) in [5, 5.41) is 11.8. The summed E-state index contributed by atoms with van der Waals surface area (Å²) >= 11 is 0. The molecule has 0 aliphatic rings. The first-order chi connectivity index (χ1) is 10.3. The van der Waals surface area contributed by atoms with Gasteiger partial charge in [0.15, 0.2) is 6.04 Å². The Hall–Kier alpha value is -1.60. The number of ether oxygens (including phenoxy) is 1. The summed E-state index contributed by atoms with van der Waals surface area (Å²) in [6.45, 7) is 0.193. The Kier molecular flexibility index (Phi) is 7.34. The summed E-state index contributed by atoms with van der Waals surface area (Å²) in [6.07, 6.45) is -1.28. The van der Waals surface area contributed by atoms with Crippen LogP contribution in [0.25, 0.3) is 0 Å². The summed E-state index contributed by atoms with van der Waals surface area (Å²) in [5.74, 6) is -1.32. The van der Waals surface area contributed by atoms with Crippen LogP contribution in [-0.4, -0.2) is 45.8 Å². The van der Waals surface area contributed by atoms with Crippen molar-refractivity contribution in [3.63, 3.8) is 0 Å². The van der Waals surface area contributed by atoms with Crippen molar-refractivity contribution in [3.05, 3.63) is 35.9 Å². The van der Waals surface area contributed by atoms with Gasteiger partial charge in [0.05, 0.1) is 18.9 Å². The summed E-state index contributed by atoms with van der Waals surface area (Å²) in [4.78, 5) is 28.9. The third kappa shape index (κ3) is 7.42. The number of carboxylic acids is 1. The molecule has 0 fully saturated rings. The quantitative estimate of drug-likeness (QED) is 0.380.